The van der Waals surface area contributed by atoms with Gasteiger partial charge in [0.2, 0.25) is 0 Å². The first-order valence-electron chi connectivity index (χ1n) is 12.9. The van der Waals surface area contributed by atoms with Crippen LogP contribution in [-0.4, -0.2) is 12.1 Å². The van der Waals surface area contributed by atoms with Crippen LogP contribution in [0.5, 0.6) is 0 Å². The van der Waals surface area contributed by atoms with Gasteiger partial charge in [-0.3, -0.25) is 4.79 Å². The van der Waals surface area contributed by atoms with Crippen LogP contribution in [-0.2, 0) is 9.53 Å². The monoisotopic (exact) mass is 424 g/mol. The molecule has 0 aliphatic heterocycles. The molecule has 0 bridgehead atoms. The maximum atomic E-state index is 11.5. The van der Waals surface area contributed by atoms with E-state index < -0.39 is 0 Å². The van der Waals surface area contributed by atoms with Crippen LogP contribution in [0.25, 0.3) is 0 Å². The number of hydrogen-bond acceptors (Lipinski definition) is 2. The maximum absolute atomic E-state index is 11.5. The van der Waals surface area contributed by atoms with Crippen molar-refractivity contribution in [3.8, 4) is 0 Å². The summed E-state index contributed by atoms with van der Waals surface area (Å²) < 4.78 is 5.57. The highest BCUT2D eigenvalue weighted by atomic mass is 16.5. The fourth-order valence-corrected chi connectivity index (χ4v) is 7.70. The van der Waals surface area contributed by atoms with Crippen molar-refractivity contribution in [2.24, 2.45) is 34.5 Å². The molecule has 4 aliphatic carbocycles. The first-order valence-corrected chi connectivity index (χ1v) is 12.9. The fraction of sp³-hybridized carbons (Fsp3) is 0.759. The summed E-state index contributed by atoms with van der Waals surface area (Å²) in [7, 11) is 0. The second-order valence-corrected chi connectivity index (χ2v) is 12.0. The Balaban J connectivity index is 1.54. The lowest BCUT2D eigenvalue weighted by Crippen LogP contribution is -2.41. The summed E-state index contributed by atoms with van der Waals surface area (Å²) >= 11 is 0. The summed E-state index contributed by atoms with van der Waals surface area (Å²) in [6.45, 7) is 13.8. The zero-order valence-electron chi connectivity index (χ0n) is 20.8. The molecule has 6 unspecified atom stereocenters. The minimum Gasteiger partial charge on any atom is -0.462 e. The van der Waals surface area contributed by atoms with Crippen molar-refractivity contribution in [1.82, 2.24) is 0 Å². The number of ether oxygens (including phenoxy) is 1. The molecule has 2 nitrogen and oxygen atoms in total. The van der Waals surface area contributed by atoms with Crippen molar-refractivity contribution in [3.05, 3.63) is 34.9 Å². The molecule has 0 spiro atoms. The van der Waals surface area contributed by atoms with Crippen molar-refractivity contribution in [2.45, 2.75) is 105 Å². The minimum atomic E-state index is -0.145. The molecular formula is C29H44O2. The van der Waals surface area contributed by atoms with Gasteiger partial charge in [0, 0.05) is 18.8 Å². The van der Waals surface area contributed by atoms with Crippen molar-refractivity contribution in [1.29, 1.82) is 0 Å². The van der Waals surface area contributed by atoms with Gasteiger partial charge >= 0.3 is 5.97 Å². The Morgan fingerprint density at radius 3 is 2.61 bits per heavy atom. The Bertz CT molecular complexity index is 800. The molecule has 2 saturated carbocycles. The summed E-state index contributed by atoms with van der Waals surface area (Å²) in [4.78, 5) is 11.5. The highest BCUT2D eigenvalue weighted by molar-refractivity contribution is 5.66. The second-order valence-electron chi connectivity index (χ2n) is 12.0. The Kier molecular flexibility index (Phi) is 6.32. The average molecular weight is 425 g/mol. The van der Waals surface area contributed by atoms with Crippen LogP contribution in [0.15, 0.2) is 34.9 Å². The minimum absolute atomic E-state index is 0.0591. The number of hydrogen-bond donors (Lipinski definition) is 0. The average Bonchev–Trinajstić information content (AvgIpc) is 3.05. The Morgan fingerprint density at radius 1 is 1.13 bits per heavy atom. The smallest absolute Gasteiger partial charge is 0.302 e. The van der Waals surface area contributed by atoms with Crippen LogP contribution in [0, 0.1) is 34.5 Å². The highest BCUT2D eigenvalue weighted by Crippen LogP contribution is 2.64. The van der Waals surface area contributed by atoms with Crippen LogP contribution in [0.3, 0.4) is 0 Å². The number of allylic oxidation sites excluding steroid dienone is 5. The van der Waals surface area contributed by atoms with E-state index in [9.17, 15) is 4.79 Å². The lowest BCUT2D eigenvalue weighted by atomic mass is 9.54. The lowest BCUT2D eigenvalue weighted by molar-refractivity contribution is -0.147. The molecule has 0 aromatic rings. The van der Waals surface area contributed by atoms with Gasteiger partial charge in [-0.2, -0.15) is 0 Å². The van der Waals surface area contributed by atoms with Gasteiger partial charge in [0.15, 0.2) is 0 Å². The maximum Gasteiger partial charge on any atom is 0.302 e. The third kappa shape index (κ3) is 4.09. The normalized spacial score (nSPS) is 37.8. The van der Waals surface area contributed by atoms with Gasteiger partial charge in [0.05, 0.1) is 0 Å². The van der Waals surface area contributed by atoms with Gasteiger partial charge < -0.3 is 4.74 Å². The molecule has 0 aromatic carbocycles. The first-order chi connectivity index (χ1) is 14.6. The van der Waals surface area contributed by atoms with Gasteiger partial charge in [0.25, 0.3) is 0 Å². The standard InChI is InChI=1S/C29H44O2/c1-19(2)8-7-9-20(3)25-12-13-26-24-11-10-22-18-23(31-21(4)30)14-16-28(22,5)27(24)15-17-29(25,26)6/h10-11,15,19-20,23,25-26H,7-9,12-14,16-18H2,1-6H3. The van der Waals surface area contributed by atoms with E-state index in [0.29, 0.717) is 11.3 Å². The van der Waals surface area contributed by atoms with Crippen LogP contribution in [0.4, 0.5) is 0 Å². The van der Waals surface area contributed by atoms with E-state index in [1.165, 1.54) is 51.0 Å². The Hall–Kier alpha value is -1.31. The number of esters is 1. The van der Waals surface area contributed by atoms with Gasteiger partial charge in [-0.25, -0.2) is 0 Å². The van der Waals surface area contributed by atoms with E-state index in [1.807, 2.05) is 0 Å². The highest BCUT2D eigenvalue weighted by Gasteiger charge is 2.54. The first kappa shape index (κ1) is 22.9. The molecule has 0 saturated heterocycles. The molecule has 0 amide bonds. The topological polar surface area (TPSA) is 26.3 Å². The van der Waals surface area contributed by atoms with E-state index in [4.69, 9.17) is 4.74 Å². The second kappa shape index (κ2) is 8.56. The lowest BCUT2D eigenvalue weighted by Gasteiger charge is -2.51. The molecule has 31 heavy (non-hydrogen) atoms. The van der Waals surface area contributed by atoms with E-state index in [1.54, 1.807) is 11.1 Å². The predicted molar refractivity (Wildman–Crippen MR) is 129 cm³/mol. The third-order valence-electron chi connectivity index (χ3n) is 9.48. The molecular weight excluding hydrogens is 380 g/mol. The number of carbonyl (C=O) groups excluding carboxylic acids is 1. The van der Waals surface area contributed by atoms with Gasteiger partial charge in [-0.15, -0.1) is 0 Å². The third-order valence-corrected chi connectivity index (χ3v) is 9.48. The van der Waals surface area contributed by atoms with Crippen molar-refractivity contribution < 1.29 is 9.53 Å². The van der Waals surface area contributed by atoms with Crippen LogP contribution >= 0.6 is 0 Å². The van der Waals surface area contributed by atoms with E-state index in [0.717, 1.165) is 37.0 Å². The summed E-state index contributed by atoms with van der Waals surface area (Å²) in [5.74, 6) is 3.07. The van der Waals surface area contributed by atoms with Gasteiger partial charge in [-0.05, 0) is 72.3 Å². The molecule has 4 rings (SSSR count). The SMILES string of the molecule is CC(=O)OC1CCC2(C)C(=CC=C3C2=CCC2(C)C3CCC2C(C)CCCC(C)C)C1. The number of rotatable bonds is 6. The van der Waals surface area contributed by atoms with Gasteiger partial charge in [0.1, 0.15) is 6.10 Å². The fourth-order valence-electron chi connectivity index (χ4n) is 7.70. The molecule has 2 heteroatoms. The number of carbonyl (C=O) groups is 1. The van der Waals surface area contributed by atoms with Crippen LogP contribution in [0.1, 0.15) is 99.3 Å². The van der Waals surface area contributed by atoms with Crippen molar-refractivity contribution in [2.75, 3.05) is 0 Å². The summed E-state index contributed by atoms with van der Waals surface area (Å²) in [6.07, 6.45) is 18.6. The Labute approximate surface area is 190 Å². The van der Waals surface area contributed by atoms with Gasteiger partial charge in [-0.1, -0.05) is 77.7 Å². The van der Waals surface area contributed by atoms with Crippen LogP contribution < -0.4 is 0 Å². The van der Waals surface area contributed by atoms with E-state index in [2.05, 4.69) is 52.8 Å². The molecule has 6 atom stereocenters. The van der Waals surface area contributed by atoms with Crippen LogP contribution in [0.2, 0.25) is 0 Å². The number of fused-ring (bicyclic) bond motifs is 5. The molecule has 0 N–H and O–H groups in total. The molecule has 0 aromatic heterocycles. The van der Waals surface area contributed by atoms with E-state index in [-0.39, 0.29) is 17.5 Å². The quantitative estimate of drug-likeness (QED) is 0.407. The molecule has 2 fully saturated rings. The summed E-state index contributed by atoms with van der Waals surface area (Å²) in [5, 5.41) is 0. The largest absolute Gasteiger partial charge is 0.462 e. The zero-order valence-corrected chi connectivity index (χ0v) is 20.8. The molecule has 0 heterocycles. The van der Waals surface area contributed by atoms with Crippen molar-refractivity contribution in [3.63, 3.8) is 0 Å². The molecule has 4 aliphatic rings. The summed E-state index contributed by atoms with van der Waals surface area (Å²) in [5.41, 5.74) is 5.29. The zero-order chi connectivity index (χ0) is 22.4. The van der Waals surface area contributed by atoms with E-state index >= 15 is 0 Å². The summed E-state index contributed by atoms with van der Waals surface area (Å²) in [6, 6.07) is 0. The Morgan fingerprint density at radius 2 is 1.90 bits per heavy atom. The molecule has 172 valence electrons. The molecule has 0 radical (unpaired) electrons. The van der Waals surface area contributed by atoms with Crippen molar-refractivity contribution >= 4 is 5.97 Å². The predicted octanol–water partition coefficient (Wildman–Crippen LogP) is 7.80.